The first kappa shape index (κ1) is 28.3. The molecular weight excluding hydrogens is 480 g/mol. The van der Waals surface area contributed by atoms with Crippen molar-refractivity contribution >= 4 is 11.5 Å². The average molecular weight is 517 g/mol. The maximum absolute atomic E-state index is 12.6. The molecule has 0 unspecified atom stereocenters. The molecule has 0 aliphatic carbocycles. The molecule has 0 aliphatic rings. The van der Waals surface area contributed by atoms with Gasteiger partial charge in [0.25, 0.3) is 0 Å². The third-order valence-electron chi connectivity index (χ3n) is 6.05. The number of methoxy groups -OCH3 is 4. The number of amides is 1. The van der Waals surface area contributed by atoms with Crippen molar-refractivity contribution in [3.8, 4) is 23.0 Å². The van der Waals surface area contributed by atoms with E-state index in [0.717, 1.165) is 36.0 Å². The first-order valence-electron chi connectivity index (χ1n) is 12.5. The molecule has 3 rings (SSSR count). The molecule has 1 N–H and O–H groups in total. The molecule has 7 nitrogen and oxygen atoms in total. The molecule has 0 radical (unpaired) electrons. The fourth-order valence-electron chi connectivity index (χ4n) is 4.04. The Balaban J connectivity index is 1.80. The standard InChI is InChI=1S/C31H36N2O5/c1-22(9-6-10-23-11-8-14-32-21-23)33-31(34)13-7-12-30(24-15-26(35-2)19-27(16-24)36-3)25-17-28(37-4)20-29(18-25)38-5/h7-8,11-22H,6,9-10H2,1-5H3,(H,33,34)/t22-/m1/s1. The van der Waals surface area contributed by atoms with Crippen molar-refractivity contribution in [1.29, 1.82) is 0 Å². The van der Waals surface area contributed by atoms with Crippen LogP contribution in [0.2, 0.25) is 0 Å². The molecule has 0 bridgehead atoms. The summed E-state index contributed by atoms with van der Waals surface area (Å²) in [4.78, 5) is 16.8. The monoisotopic (exact) mass is 516 g/mol. The second kappa shape index (κ2) is 14.5. The van der Waals surface area contributed by atoms with Crippen LogP contribution in [0.3, 0.4) is 0 Å². The van der Waals surface area contributed by atoms with Gasteiger partial charge < -0.3 is 24.3 Å². The molecule has 1 aromatic heterocycles. The second-order valence-electron chi connectivity index (χ2n) is 8.81. The molecule has 1 amide bonds. The SMILES string of the molecule is COc1cc(OC)cc(C(=CC=CC(=O)N[C@H](C)CCCc2cccnc2)c2cc(OC)cc(OC)c2)c1. The van der Waals surface area contributed by atoms with Crippen LogP contribution >= 0.6 is 0 Å². The zero-order valence-electron chi connectivity index (χ0n) is 22.7. The number of carbonyl (C=O) groups excluding carboxylic acids is 1. The Hall–Kier alpha value is -4.26. The number of nitrogens with one attached hydrogen (secondary N) is 1. The lowest BCUT2D eigenvalue weighted by molar-refractivity contribution is -0.117. The molecule has 3 aromatic rings. The highest BCUT2D eigenvalue weighted by Crippen LogP contribution is 2.34. The quantitative estimate of drug-likeness (QED) is 0.234. The molecule has 0 saturated carbocycles. The molecule has 0 spiro atoms. The van der Waals surface area contributed by atoms with Gasteiger partial charge in [-0.3, -0.25) is 9.78 Å². The minimum absolute atomic E-state index is 0.0533. The summed E-state index contributed by atoms with van der Waals surface area (Å²) in [7, 11) is 6.44. The van der Waals surface area contributed by atoms with E-state index in [1.54, 1.807) is 40.7 Å². The van der Waals surface area contributed by atoms with E-state index in [9.17, 15) is 4.79 Å². The van der Waals surface area contributed by atoms with Gasteiger partial charge >= 0.3 is 0 Å². The third-order valence-corrected chi connectivity index (χ3v) is 6.05. The predicted molar refractivity (Wildman–Crippen MR) is 150 cm³/mol. The Morgan fingerprint density at radius 3 is 1.92 bits per heavy atom. The zero-order valence-corrected chi connectivity index (χ0v) is 22.7. The molecule has 1 heterocycles. The van der Waals surface area contributed by atoms with Gasteiger partial charge in [0, 0.05) is 36.6 Å². The van der Waals surface area contributed by atoms with Gasteiger partial charge in [0.15, 0.2) is 0 Å². The topological polar surface area (TPSA) is 78.9 Å². The normalized spacial score (nSPS) is 11.5. The minimum Gasteiger partial charge on any atom is -0.497 e. The van der Waals surface area contributed by atoms with Crippen molar-refractivity contribution in [2.45, 2.75) is 32.2 Å². The summed E-state index contributed by atoms with van der Waals surface area (Å²) in [6.45, 7) is 2.02. The fourth-order valence-corrected chi connectivity index (χ4v) is 4.04. The van der Waals surface area contributed by atoms with E-state index >= 15 is 0 Å². The summed E-state index contributed by atoms with van der Waals surface area (Å²) >= 11 is 0. The number of nitrogens with zero attached hydrogens (tertiary/aromatic N) is 1. The first-order chi connectivity index (χ1) is 18.4. The van der Waals surface area contributed by atoms with E-state index in [4.69, 9.17) is 18.9 Å². The van der Waals surface area contributed by atoms with E-state index in [-0.39, 0.29) is 11.9 Å². The smallest absolute Gasteiger partial charge is 0.244 e. The van der Waals surface area contributed by atoms with Crippen LogP contribution in [0, 0.1) is 0 Å². The lowest BCUT2D eigenvalue weighted by atomic mass is 9.96. The summed E-state index contributed by atoms with van der Waals surface area (Å²) in [6.07, 6.45) is 11.6. The largest absolute Gasteiger partial charge is 0.497 e. The van der Waals surface area contributed by atoms with Crippen LogP contribution in [0.4, 0.5) is 0 Å². The molecule has 7 heteroatoms. The molecule has 2 aromatic carbocycles. The number of aryl methyl sites for hydroxylation is 1. The Labute approximate surface area is 225 Å². The third kappa shape index (κ3) is 8.40. The molecule has 38 heavy (non-hydrogen) atoms. The van der Waals surface area contributed by atoms with Crippen molar-refractivity contribution < 1.29 is 23.7 Å². The Morgan fingerprint density at radius 1 is 0.895 bits per heavy atom. The molecule has 0 aliphatic heterocycles. The number of hydrogen-bond donors (Lipinski definition) is 1. The maximum atomic E-state index is 12.6. The van der Waals surface area contributed by atoms with Gasteiger partial charge in [-0.05, 0) is 78.8 Å². The molecule has 0 saturated heterocycles. The van der Waals surface area contributed by atoms with Crippen LogP contribution < -0.4 is 24.3 Å². The van der Waals surface area contributed by atoms with Gasteiger partial charge in [0.2, 0.25) is 5.91 Å². The van der Waals surface area contributed by atoms with E-state index < -0.39 is 0 Å². The van der Waals surface area contributed by atoms with Gasteiger partial charge in [0.1, 0.15) is 23.0 Å². The van der Waals surface area contributed by atoms with Crippen LogP contribution in [0.5, 0.6) is 23.0 Å². The van der Waals surface area contributed by atoms with Crippen molar-refractivity contribution in [1.82, 2.24) is 10.3 Å². The zero-order chi connectivity index (χ0) is 27.3. The highest BCUT2D eigenvalue weighted by molar-refractivity contribution is 5.89. The summed E-state index contributed by atoms with van der Waals surface area (Å²) in [5.74, 6) is 2.47. The number of pyridine rings is 1. The van der Waals surface area contributed by atoms with Crippen LogP contribution in [-0.4, -0.2) is 45.4 Å². The van der Waals surface area contributed by atoms with Gasteiger partial charge in [0.05, 0.1) is 28.4 Å². The fraction of sp³-hybridized carbons (Fsp3) is 0.290. The number of carbonyl (C=O) groups is 1. The predicted octanol–water partition coefficient (Wildman–Crippen LogP) is 5.63. The second-order valence-corrected chi connectivity index (χ2v) is 8.81. The van der Waals surface area contributed by atoms with Crippen LogP contribution in [0.15, 0.2) is 79.2 Å². The highest BCUT2D eigenvalue weighted by Gasteiger charge is 2.12. The molecule has 1 atom stereocenters. The average Bonchev–Trinajstić information content (AvgIpc) is 2.95. The number of aromatic nitrogens is 1. The summed E-state index contributed by atoms with van der Waals surface area (Å²) < 4.78 is 21.9. The highest BCUT2D eigenvalue weighted by atomic mass is 16.5. The van der Waals surface area contributed by atoms with Crippen molar-refractivity contribution in [2.24, 2.45) is 0 Å². The van der Waals surface area contributed by atoms with Gasteiger partial charge in [-0.2, -0.15) is 0 Å². The number of rotatable bonds is 13. The van der Waals surface area contributed by atoms with E-state index in [1.807, 2.05) is 61.7 Å². The number of benzene rings is 2. The Morgan fingerprint density at radius 2 is 1.45 bits per heavy atom. The van der Waals surface area contributed by atoms with Crippen molar-refractivity contribution in [3.05, 3.63) is 95.8 Å². The van der Waals surface area contributed by atoms with Crippen molar-refractivity contribution in [3.63, 3.8) is 0 Å². The summed E-state index contributed by atoms with van der Waals surface area (Å²) in [6, 6.07) is 15.3. The van der Waals surface area contributed by atoms with E-state index in [2.05, 4.69) is 16.4 Å². The molecular formula is C31H36N2O5. The number of ether oxygens (including phenoxy) is 4. The van der Waals surface area contributed by atoms with Gasteiger partial charge in [-0.1, -0.05) is 18.2 Å². The first-order valence-corrected chi connectivity index (χ1v) is 12.5. The van der Waals surface area contributed by atoms with Gasteiger partial charge in [-0.15, -0.1) is 0 Å². The van der Waals surface area contributed by atoms with Crippen molar-refractivity contribution in [2.75, 3.05) is 28.4 Å². The number of hydrogen-bond acceptors (Lipinski definition) is 6. The van der Waals surface area contributed by atoms with Crippen LogP contribution in [0.25, 0.3) is 5.57 Å². The van der Waals surface area contributed by atoms with Crippen LogP contribution in [-0.2, 0) is 11.2 Å². The Kier molecular flexibility index (Phi) is 10.8. The summed E-state index contributed by atoms with van der Waals surface area (Å²) in [5, 5.41) is 3.04. The number of allylic oxidation sites excluding steroid dienone is 2. The lowest BCUT2D eigenvalue weighted by Gasteiger charge is -2.14. The van der Waals surface area contributed by atoms with Gasteiger partial charge in [-0.25, -0.2) is 0 Å². The summed E-state index contributed by atoms with van der Waals surface area (Å²) in [5.41, 5.74) is 3.75. The van der Waals surface area contributed by atoms with E-state index in [0.29, 0.717) is 23.0 Å². The Bertz CT molecular complexity index is 1150. The molecule has 0 fully saturated rings. The lowest BCUT2D eigenvalue weighted by Crippen LogP contribution is -2.31. The maximum Gasteiger partial charge on any atom is 0.244 e. The minimum atomic E-state index is -0.152. The van der Waals surface area contributed by atoms with E-state index in [1.165, 1.54) is 11.6 Å². The van der Waals surface area contributed by atoms with Crippen LogP contribution in [0.1, 0.15) is 36.5 Å². The molecule has 200 valence electrons.